The summed E-state index contributed by atoms with van der Waals surface area (Å²) < 4.78 is 6.14. The maximum absolute atomic E-state index is 9.70. The quantitative estimate of drug-likeness (QED) is 0.742. The third kappa shape index (κ3) is 2.71. The Morgan fingerprint density at radius 2 is 2.13 bits per heavy atom. The van der Waals surface area contributed by atoms with Gasteiger partial charge in [-0.3, -0.25) is 0 Å². The molecule has 0 radical (unpaired) electrons. The molecule has 0 aromatic heterocycles. The highest BCUT2D eigenvalue weighted by molar-refractivity contribution is 4.93. The van der Waals surface area contributed by atoms with Crippen LogP contribution in [0.25, 0.3) is 0 Å². The lowest BCUT2D eigenvalue weighted by Gasteiger charge is -2.24. The van der Waals surface area contributed by atoms with Crippen LogP contribution in [0.5, 0.6) is 0 Å². The van der Waals surface area contributed by atoms with Crippen molar-refractivity contribution in [2.75, 3.05) is 13.6 Å². The fourth-order valence-electron chi connectivity index (χ4n) is 3.07. The first kappa shape index (κ1) is 11.4. The van der Waals surface area contributed by atoms with Gasteiger partial charge in [0.15, 0.2) is 0 Å². The van der Waals surface area contributed by atoms with Gasteiger partial charge >= 0.3 is 0 Å². The molecule has 1 aliphatic carbocycles. The van der Waals surface area contributed by atoms with E-state index in [-0.39, 0.29) is 11.7 Å². The van der Waals surface area contributed by atoms with E-state index in [0.29, 0.717) is 12.6 Å². The molecule has 3 nitrogen and oxygen atoms in total. The van der Waals surface area contributed by atoms with Gasteiger partial charge in [-0.15, -0.1) is 0 Å². The zero-order valence-corrected chi connectivity index (χ0v) is 9.67. The lowest BCUT2D eigenvalue weighted by atomic mass is 9.98. The van der Waals surface area contributed by atoms with Gasteiger partial charge in [-0.05, 0) is 32.7 Å². The van der Waals surface area contributed by atoms with Crippen LogP contribution in [-0.2, 0) is 4.74 Å². The van der Waals surface area contributed by atoms with Crippen LogP contribution >= 0.6 is 0 Å². The van der Waals surface area contributed by atoms with Crippen LogP contribution in [0, 0.1) is 0 Å². The number of ether oxygens (including phenoxy) is 1. The molecule has 2 aliphatic rings. The Bertz CT molecular complexity index is 202. The van der Waals surface area contributed by atoms with E-state index in [9.17, 15) is 5.11 Å². The SMILES string of the molecule is CNCC(O)CC1CCC2(CCCC2)O1. The van der Waals surface area contributed by atoms with Crippen molar-refractivity contribution in [3.63, 3.8) is 0 Å². The Labute approximate surface area is 92.2 Å². The zero-order chi connectivity index (χ0) is 10.7. The van der Waals surface area contributed by atoms with Crippen molar-refractivity contribution in [1.82, 2.24) is 5.32 Å². The Morgan fingerprint density at radius 3 is 2.80 bits per heavy atom. The minimum atomic E-state index is -0.253. The first-order valence-electron chi connectivity index (χ1n) is 6.25. The minimum Gasteiger partial charge on any atom is -0.392 e. The molecule has 0 bridgehead atoms. The van der Waals surface area contributed by atoms with Crippen molar-refractivity contribution in [1.29, 1.82) is 0 Å². The summed E-state index contributed by atoms with van der Waals surface area (Å²) in [7, 11) is 1.87. The molecule has 15 heavy (non-hydrogen) atoms. The molecule has 0 amide bonds. The van der Waals surface area contributed by atoms with E-state index in [1.54, 1.807) is 0 Å². The average Bonchev–Trinajstić information content (AvgIpc) is 2.79. The summed E-state index contributed by atoms with van der Waals surface area (Å²) >= 11 is 0. The molecule has 1 heterocycles. The Kier molecular flexibility index (Phi) is 3.65. The van der Waals surface area contributed by atoms with E-state index in [2.05, 4.69) is 5.32 Å². The van der Waals surface area contributed by atoms with Crippen LogP contribution in [-0.4, -0.2) is 36.5 Å². The largest absolute Gasteiger partial charge is 0.392 e. The lowest BCUT2D eigenvalue weighted by molar-refractivity contribution is -0.0517. The second-order valence-electron chi connectivity index (χ2n) is 5.12. The van der Waals surface area contributed by atoms with E-state index >= 15 is 0 Å². The second-order valence-corrected chi connectivity index (χ2v) is 5.12. The van der Waals surface area contributed by atoms with Crippen LogP contribution in [0.2, 0.25) is 0 Å². The first-order chi connectivity index (χ1) is 7.24. The summed E-state index contributed by atoms with van der Waals surface area (Å²) in [5.74, 6) is 0. The van der Waals surface area contributed by atoms with Gasteiger partial charge in [-0.1, -0.05) is 12.8 Å². The number of hydrogen-bond donors (Lipinski definition) is 2. The van der Waals surface area contributed by atoms with Crippen LogP contribution < -0.4 is 5.32 Å². The standard InChI is InChI=1S/C12H23NO2/c1-13-9-10(14)8-11-4-7-12(15-11)5-2-3-6-12/h10-11,13-14H,2-9H2,1H3. The molecule has 88 valence electrons. The topological polar surface area (TPSA) is 41.5 Å². The Balaban J connectivity index is 1.77. The fraction of sp³-hybridized carbons (Fsp3) is 1.00. The second kappa shape index (κ2) is 4.81. The maximum Gasteiger partial charge on any atom is 0.0689 e. The average molecular weight is 213 g/mol. The van der Waals surface area contributed by atoms with E-state index in [1.807, 2.05) is 7.05 Å². The van der Waals surface area contributed by atoms with Gasteiger partial charge in [0, 0.05) is 13.0 Å². The summed E-state index contributed by atoms with van der Waals surface area (Å²) in [6.07, 6.45) is 8.32. The number of likely N-dealkylation sites (N-methyl/N-ethyl adjacent to an activating group) is 1. The molecule has 2 N–H and O–H groups in total. The molecule has 1 spiro atoms. The third-order valence-electron chi connectivity index (χ3n) is 3.83. The van der Waals surface area contributed by atoms with Crippen molar-refractivity contribution in [2.45, 2.75) is 62.8 Å². The van der Waals surface area contributed by atoms with Gasteiger partial charge in [0.05, 0.1) is 17.8 Å². The molecule has 2 atom stereocenters. The predicted octanol–water partition coefficient (Wildman–Crippen LogP) is 1.45. The van der Waals surface area contributed by atoms with Gasteiger partial charge in [-0.25, -0.2) is 0 Å². The summed E-state index contributed by atoms with van der Waals surface area (Å²) in [6.45, 7) is 0.673. The molecular formula is C12H23NO2. The highest BCUT2D eigenvalue weighted by Crippen LogP contribution is 2.44. The molecule has 1 aliphatic heterocycles. The van der Waals surface area contributed by atoms with Gasteiger partial charge in [0.25, 0.3) is 0 Å². The summed E-state index contributed by atoms with van der Waals surface area (Å²) in [5.41, 5.74) is 0.212. The molecule has 2 unspecified atom stereocenters. The Hall–Kier alpha value is -0.120. The number of nitrogens with one attached hydrogen (secondary N) is 1. The van der Waals surface area contributed by atoms with Crippen LogP contribution in [0.3, 0.4) is 0 Å². The summed E-state index contributed by atoms with van der Waals surface area (Å²) in [5, 5.41) is 12.7. The molecule has 2 rings (SSSR count). The predicted molar refractivity (Wildman–Crippen MR) is 59.9 cm³/mol. The van der Waals surface area contributed by atoms with Crippen LogP contribution in [0.4, 0.5) is 0 Å². The third-order valence-corrected chi connectivity index (χ3v) is 3.83. The van der Waals surface area contributed by atoms with Gasteiger partial charge in [0.2, 0.25) is 0 Å². The van der Waals surface area contributed by atoms with E-state index in [4.69, 9.17) is 4.74 Å². The lowest BCUT2D eigenvalue weighted by Crippen LogP contribution is -2.30. The number of aliphatic hydroxyl groups excluding tert-OH is 1. The fourth-order valence-corrected chi connectivity index (χ4v) is 3.07. The summed E-state index contributed by atoms with van der Waals surface area (Å²) in [4.78, 5) is 0. The van der Waals surface area contributed by atoms with Crippen LogP contribution in [0.15, 0.2) is 0 Å². The number of aliphatic hydroxyl groups is 1. The van der Waals surface area contributed by atoms with Gasteiger partial charge < -0.3 is 15.2 Å². The van der Waals surface area contributed by atoms with Crippen molar-refractivity contribution < 1.29 is 9.84 Å². The monoisotopic (exact) mass is 213 g/mol. The van der Waals surface area contributed by atoms with Crippen molar-refractivity contribution >= 4 is 0 Å². The highest BCUT2D eigenvalue weighted by Gasteiger charge is 2.42. The van der Waals surface area contributed by atoms with E-state index in [1.165, 1.54) is 32.1 Å². The molecule has 3 heteroatoms. The maximum atomic E-state index is 9.70. The van der Waals surface area contributed by atoms with E-state index < -0.39 is 0 Å². The van der Waals surface area contributed by atoms with Crippen molar-refractivity contribution in [3.05, 3.63) is 0 Å². The molecule has 1 saturated heterocycles. The van der Waals surface area contributed by atoms with Crippen molar-refractivity contribution in [2.24, 2.45) is 0 Å². The minimum absolute atomic E-state index is 0.212. The summed E-state index contributed by atoms with van der Waals surface area (Å²) in [6, 6.07) is 0. The normalized spacial score (nSPS) is 31.2. The smallest absolute Gasteiger partial charge is 0.0689 e. The molecule has 0 aromatic rings. The number of hydrogen-bond acceptors (Lipinski definition) is 3. The molecule has 1 saturated carbocycles. The van der Waals surface area contributed by atoms with Gasteiger partial charge in [-0.2, -0.15) is 0 Å². The van der Waals surface area contributed by atoms with Crippen molar-refractivity contribution in [3.8, 4) is 0 Å². The molecular weight excluding hydrogens is 190 g/mol. The van der Waals surface area contributed by atoms with Crippen LogP contribution in [0.1, 0.15) is 44.9 Å². The van der Waals surface area contributed by atoms with Gasteiger partial charge in [0.1, 0.15) is 0 Å². The Morgan fingerprint density at radius 1 is 1.40 bits per heavy atom. The number of rotatable bonds is 4. The molecule has 2 fully saturated rings. The zero-order valence-electron chi connectivity index (χ0n) is 9.67. The highest BCUT2D eigenvalue weighted by atomic mass is 16.5. The first-order valence-corrected chi connectivity index (χ1v) is 6.25. The van der Waals surface area contributed by atoms with E-state index in [0.717, 1.165) is 12.8 Å². The molecule has 0 aromatic carbocycles.